The topological polar surface area (TPSA) is 45.5 Å². The smallest absolute Gasteiger partial charge is 0.0958 e. The van der Waals surface area contributed by atoms with Gasteiger partial charge in [0.15, 0.2) is 0 Å². The number of thiazole rings is 1. The maximum absolute atomic E-state index is 8.06. The van der Waals surface area contributed by atoms with E-state index in [1.54, 1.807) is 0 Å². The van der Waals surface area contributed by atoms with Crippen LogP contribution < -0.4 is 0 Å². The molecule has 0 aromatic carbocycles. The molecule has 1 N–H and O–H groups in total. The average molecular weight is 142 g/mol. The molecule has 0 unspecified atom stereocenters. The summed E-state index contributed by atoms with van der Waals surface area (Å²) < 4.78 is 0. The molecule has 0 saturated heterocycles. The Labute approximate surface area is 56.7 Å². The molecule has 1 rings (SSSR count). The van der Waals surface area contributed by atoms with Crippen LogP contribution in [-0.4, -0.2) is 16.4 Å². The molecule has 1 heterocycles. The summed E-state index contributed by atoms with van der Waals surface area (Å²) in [6.45, 7) is 1.90. The van der Waals surface area contributed by atoms with E-state index in [1.807, 2.05) is 12.3 Å². The van der Waals surface area contributed by atoms with Crippen molar-refractivity contribution in [3.8, 4) is 0 Å². The molecule has 0 aliphatic heterocycles. The van der Waals surface area contributed by atoms with Crippen molar-refractivity contribution in [2.24, 2.45) is 5.16 Å². The summed E-state index contributed by atoms with van der Waals surface area (Å²) in [4.78, 5) is 4.01. The summed E-state index contributed by atoms with van der Waals surface area (Å²) in [7, 11) is 0. The number of hydrogen-bond acceptors (Lipinski definition) is 4. The summed E-state index contributed by atoms with van der Waals surface area (Å²) >= 11 is 1.53. The summed E-state index contributed by atoms with van der Waals surface area (Å²) in [6, 6.07) is 0. The van der Waals surface area contributed by atoms with Gasteiger partial charge in [0, 0.05) is 5.38 Å². The third kappa shape index (κ3) is 1.50. The summed E-state index contributed by atoms with van der Waals surface area (Å²) in [5, 5.41) is 13.7. The molecule has 1 aromatic heterocycles. The molecule has 0 spiro atoms. The highest BCUT2D eigenvalue weighted by Gasteiger charge is 1.91. The highest BCUT2D eigenvalue weighted by atomic mass is 32.1. The SMILES string of the molecule is Cc1nc(/C=N/O)cs1. The van der Waals surface area contributed by atoms with E-state index in [0.29, 0.717) is 5.69 Å². The van der Waals surface area contributed by atoms with E-state index in [0.717, 1.165) is 5.01 Å². The van der Waals surface area contributed by atoms with Gasteiger partial charge in [0.05, 0.1) is 16.9 Å². The molecule has 0 amide bonds. The minimum atomic E-state index is 0.708. The Hall–Kier alpha value is -0.900. The molecule has 48 valence electrons. The summed E-state index contributed by atoms with van der Waals surface area (Å²) in [6.07, 6.45) is 1.31. The van der Waals surface area contributed by atoms with E-state index in [9.17, 15) is 0 Å². The van der Waals surface area contributed by atoms with Crippen molar-refractivity contribution in [1.29, 1.82) is 0 Å². The molecule has 3 nitrogen and oxygen atoms in total. The van der Waals surface area contributed by atoms with Crippen molar-refractivity contribution in [3.05, 3.63) is 16.1 Å². The second-order valence-corrected chi connectivity index (χ2v) is 2.60. The number of nitrogens with zero attached hydrogens (tertiary/aromatic N) is 2. The number of aryl methyl sites for hydroxylation is 1. The van der Waals surface area contributed by atoms with Crippen LogP contribution in [-0.2, 0) is 0 Å². The molecule has 0 atom stereocenters. The molecule has 0 aliphatic carbocycles. The first-order valence-electron chi connectivity index (χ1n) is 2.42. The van der Waals surface area contributed by atoms with Gasteiger partial charge in [-0.2, -0.15) is 0 Å². The number of rotatable bonds is 1. The van der Waals surface area contributed by atoms with Crippen LogP contribution in [0.4, 0.5) is 0 Å². The molecule has 1 aromatic rings. The zero-order valence-corrected chi connectivity index (χ0v) is 5.72. The van der Waals surface area contributed by atoms with E-state index in [4.69, 9.17) is 5.21 Å². The van der Waals surface area contributed by atoms with Crippen LogP contribution in [0, 0.1) is 6.92 Å². The number of aromatic nitrogens is 1. The first-order chi connectivity index (χ1) is 4.33. The lowest BCUT2D eigenvalue weighted by Gasteiger charge is -1.75. The van der Waals surface area contributed by atoms with Gasteiger partial charge in [-0.1, -0.05) is 5.16 Å². The van der Waals surface area contributed by atoms with Crippen molar-refractivity contribution in [3.63, 3.8) is 0 Å². The lowest BCUT2D eigenvalue weighted by molar-refractivity contribution is 0.321. The lowest BCUT2D eigenvalue weighted by atomic mass is 10.5. The fourth-order valence-electron chi connectivity index (χ4n) is 0.499. The monoisotopic (exact) mass is 142 g/mol. The Morgan fingerprint density at radius 1 is 1.89 bits per heavy atom. The molecule has 4 heteroatoms. The minimum Gasteiger partial charge on any atom is -0.411 e. The Kier molecular flexibility index (Phi) is 1.79. The van der Waals surface area contributed by atoms with Crippen LogP contribution in [0.5, 0.6) is 0 Å². The molecule has 0 radical (unpaired) electrons. The third-order valence-electron chi connectivity index (χ3n) is 0.827. The molecule has 9 heavy (non-hydrogen) atoms. The number of hydrogen-bond donors (Lipinski definition) is 1. The van der Waals surface area contributed by atoms with Gasteiger partial charge in [-0.25, -0.2) is 4.98 Å². The van der Waals surface area contributed by atoms with Gasteiger partial charge in [-0.05, 0) is 6.92 Å². The number of oxime groups is 1. The Balaban J connectivity index is 2.85. The van der Waals surface area contributed by atoms with Crippen molar-refractivity contribution in [2.75, 3.05) is 0 Å². The third-order valence-corrected chi connectivity index (χ3v) is 1.62. The van der Waals surface area contributed by atoms with Crippen molar-refractivity contribution in [1.82, 2.24) is 4.98 Å². The average Bonchev–Trinajstić information content (AvgIpc) is 2.17. The molecular formula is C5H6N2OS. The summed E-state index contributed by atoms with van der Waals surface area (Å²) in [5.41, 5.74) is 0.708. The fourth-order valence-corrected chi connectivity index (χ4v) is 1.06. The molecule has 0 saturated carbocycles. The van der Waals surface area contributed by atoms with E-state index in [-0.39, 0.29) is 0 Å². The second kappa shape index (κ2) is 2.59. The maximum atomic E-state index is 8.06. The Bertz CT molecular complexity index is 218. The van der Waals surface area contributed by atoms with Gasteiger partial charge in [-0.15, -0.1) is 11.3 Å². The van der Waals surface area contributed by atoms with Gasteiger partial charge in [0.25, 0.3) is 0 Å². The van der Waals surface area contributed by atoms with Crippen LogP contribution in [0.1, 0.15) is 10.7 Å². The van der Waals surface area contributed by atoms with Crippen LogP contribution in [0.25, 0.3) is 0 Å². The second-order valence-electron chi connectivity index (χ2n) is 1.54. The maximum Gasteiger partial charge on any atom is 0.0958 e. The standard InChI is InChI=1S/C5H6N2OS/c1-4-7-5(2-6-8)3-9-4/h2-3,8H,1H3/b6-2+. The summed E-state index contributed by atoms with van der Waals surface area (Å²) in [5.74, 6) is 0. The molecule has 0 aliphatic rings. The first-order valence-corrected chi connectivity index (χ1v) is 3.30. The van der Waals surface area contributed by atoms with Crippen LogP contribution in [0.15, 0.2) is 10.5 Å². The van der Waals surface area contributed by atoms with Gasteiger partial charge in [0.2, 0.25) is 0 Å². The zero-order valence-electron chi connectivity index (χ0n) is 4.90. The van der Waals surface area contributed by atoms with Crippen molar-refractivity contribution >= 4 is 17.6 Å². The Morgan fingerprint density at radius 3 is 3.11 bits per heavy atom. The van der Waals surface area contributed by atoms with E-state index >= 15 is 0 Å². The van der Waals surface area contributed by atoms with E-state index in [2.05, 4.69) is 10.1 Å². The molecule has 0 bridgehead atoms. The predicted molar refractivity (Wildman–Crippen MR) is 36.2 cm³/mol. The Morgan fingerprint density at radius 2 is 2.67 bits per heavy atom. The highest BCUT2D eigenvalue weighted by molar-refractivity contribution is 7.09. The van der Waals surface area contributed by atoms with Gasteiger partial charge >= 0.3 is 0 Å². The normalized spacial score (nSPS) is 10.8. The molecular weight excluding hydrogens is 136 g/mol. The largest absolute Gasteiger partial charge is 0.411 e. The quantitative estimate of drug-likeness (QED) is 0.364. The van der Waals surface area contributed by atoms with E-state index in [1.165, 1.54) is 17.6 Å². The predicted octanol–water partition coefficient (Wildman–Crippen LogP) is 1.26. The highest BCUT2D eigenvalue weighted by Crippen LogP contribution is 2.04. The van der Waals surface area contributed by atoms with Crippen LogP contribution >= 0.6 is 11.3 Å². The lowest BCUT2D eigenvalue weighted by Crippen LogP contribution is -1.78. The minimum absolute atomic E-state index is 0.708. The first kappa shape index (κ1) is 6.22. The van der Waals surface area contributed by atoms with Crippen molar-refractivity contribution in [2.45, 2.75) is 6.92 Å². The van der Waals surface area contributed by atoms with Crippen LogP contribution in [0.3, 0.4) is 0 Å². The molecule has 0 fully saturated rings. The van der Waals surface area contributed by atoms with Gasteiger partial charge in [0.1, 0.15) is 0 Å². The van der Waals surface area contributed by atoms with Gasteiger partial charge < -0.3 is 5.21 Å². The van der Waals surface area contributed by atoms with E-state index < -0.39 is 0 Å². The zero-order chi connectivity index (χ0) is 6.69. The van der Waals surface area contributed by atoms with Crippen molar-refractivity contribution < 1.29 is 5.21 Å². The van der Waals surface area contributed by atoms with Crippen LogP contribution in [0.2, 0.25) is 0 Å². The van der Waals surface area contributed by atoms with Gasteiger partial charge in [-0.3, -0.25) is 0 Å². The fraction of sp³-hybridized carbons (Fsp3) is 0.200.